The van der Waals surface area contributed by atoms with Gasteiger partial charge in [-0.3, -0.25) is 0 Å². The van der Waals surface area contributed by atoms with Crippen molar-refractivity contribution in [3.05, 3.63) is 35.4 Å². The van der Waals surface area contributed by atoms with Gasteiger partial charge in [-0.1, -0.05) is 25.0 Å². The van der Waals surface area contributed by atoms with Crippen LogP contribution in [0.2, 0.25) is 0 Å². The standard InChI is InChI=1S/C16H24N2O4S/c1-22-16(19)14-8-4-5-12(9-14)11-23(20,21)18-15(10-17)13-6-2-3-7-13/h4-5,8-9,13,15,18H,2-3,6-7,10-11,17H2,1H3. The average Bonchev–Trinajstić information content (AvgIpc) is 3.06. The highest BCUT2D eigenvalue weighted by molar-refractivity contribution is 7.88. The molecule has 0 amide bonds. The van der Waals surface area contributed by atoms with E-state index in [0.717, 1.165) is 25.7 Å². The van der Waals surface area contributed by atoms with E-state index < -0.39 is 16.0 Å². The van der Waals surface area contributed by atoms with Gasteiger partial charge in [-0.2, -0.15) is 0 Å². The van der Waals surface area contributed by atoms with E-state index in [1.165, 1.54) is 13.2 Å². The largest absolute Gasteiger partial charge is 0.465 e. The van der Waals surface area contributed by atoms with Gasteiger partial charge in [0.05, 0.1) is 18.4 Å². The normalized spacial score (nSPS) is 17.1. The van der Waals surface area contributed by atoms with E-state index in [-0.39, 0.29) is 11.8 Å². The number of rotatable bonds is 7. The second-order valence-electron chi connectivity index (χ2n) is 5.96. The van der Waals surface area contributed by atoms with Crippen molar-refractivity contribution in [3.8, 4) is 0 Å². The van der Waals surface area contributed by atoms with Crippen molar-refractivity contribution in [1.29, 1.82) is 0 Å². The smallest absolute Gasteiger partial charge is 0.337 e. The maximum atomic E-state index is 12.4. The first-order valence-electron chi connectivity index (χ1n) is 7.82. The first-order valence-corrected chi connectivity index (χ1v) is 9.47. The number of hydrogen-bond donors (Lipinski definition) is 2. The number of benzene rings is 1. The summed E-state index contributed by atoms with van der Waals surface area (Å²) in [6.45, 7) is 0.298. The molecule has 0 aliphatic heterocycles. The second-order valence-corrected chi connectivity index (χ2v) is 7.71. The van der Waals surface area contributed by atoms with Gasteiger partial charge in [0.15, 0.2) is 0 Å². The maximum absolute atomic E-state index is 12.4. The van der Waals surface area contributed by atoms with Crippen LogP contribution < -0.4 is 10.5 Å². The molecule has 1 aromatic carbocycles. The number of nitrogens with one attached hydrogen (secondary N) is 1. The van der Waals surface area contributed by atoms with Gasteiger partial charge < -0.3 is 10.5 Å². The Bertz CT molecular complexity index is 639. The predicted molar refractivity (Wildman–Crippen MR) is 88.3 cm³/mol. The Labute approximate surface area is 137 Å². The minimum Gasteiger partial charge on any atom is -0.465 e. The van der Waals surface area contributed by atoms with Crippen LogP contribution in [0.3, 0.4) is 0 Å². The molecule has 1 aliphatic carbocycles. The van der Waals surface area contributed by atoms with Gasteiger partial charge in [-0.25, -0.2) is 17.9 Å². The third-order valence-corrected chi connectivity index (χ3v) is 5.63. The van der Waals surface area contributed by atoms with Crippen molar-refractivity contribution >= 4 is 16.0 Å². The SMILES string of the molecule is COC(=O)c1cccc(CS(=O)(=O)NC(CN)C2CCCC2)c1. The van der Waals surface area contributed by atoms with Crippen molar-refractivity contribution in [1.82, 2.24) is 4.72 Å². The Kier molecular flexibility index (Phi) is 6.15. The molecule has 6 nitrogen and oxygen atoms in total. The first kappa shape index (κ1) is 17.9. The molecule has 1 saturated carbocycles. The summed E-state index contributed by atoms with van der Waals surface area (Å²) in [6, 6.07) is 6.24. The van der Waals surface area contributed by atoms with E-state index in [1.807, 2.05) is 0 Å². The number of carbonyl (C=O) groups excluding carboxylic acids is 1. The van der Waals surface area contributed by atoms with Crippen LogP contribution in [0.5, 0.6) is 0 Å². The molecule has 1 unspecified atom stereocenters. The molecule has 0 saturated heterocycles. The molecule has 7 heteroatoms. The Morgan fingerprint density at radius 2 is 2.09 bits per heavy atom. The minimum atomic E-state index is -3.51. The number of esters is 1. The number of ether oxygens (including phenoxy) is 1. The lowest BCUT2D eigenvalue weighted by Gasteiger charge is -2.23. The zero-order chi connectivity index (χ0) is 16.9. The molecule has 0 heterocycles. The minimum absolute atomic E-state index is 0.180. The number of nitrogens with two attached hydrogens (primary N) is 1. The van der Waals surface area contributed by atoms with Gasteiger partial charge in [-0.15, -0.1) is 0 Å². The monoisotopic (exact) mass is 340 g/mol. The number of hydrogen-bond acceptors (Lipinski definition) is 5. The molecular formula is C16H24N2O4S. The molecule has 0 aromatic heterocycles. The van der Waals surface area contributed by atoms with Crippen LogP contribution in [0.15, 0.2) is 24.3 Å². The number of carbonyl (C=O) groups is 1. The quantitative estimate of drug-likeness (QED) is 0.731. The van der Waals surface area contributed by atoms with Crippen LogP contribution in [-0.2, 0) is 20.5 Å². The lowest BCUT2D eigenvalue weighted by atomic mass is 9.99. The third kappa shape index (κ3) is 5.02. The van der Waals surface area contributed by atoms with Crippen LogP contribution in [0.4, 0.5) is 0 Å². The summed E-state index contributed by atoms with van der Waals surface area (Å²) < 4.78 is 32.2. The molecule has 0 bridgehead atoms. The summed E-state index contributed by atoms with van der Waals surface area (Å²) in [5.74, 6) is -0.347. The van der Waals surface area contributed by atoms with Crippen LogP contribution in [0, 0.1) is 5.92 Å². The van der Waals surface area contributed by atoms with Gasteiger partial charge in [0, 0.05) is 12.6 Å². The van der Waals surface area contributed by atoms with E-state index in [2.05, 4.69) is 9.46 Å². The first-order chi connectivity index (χ1) is 10.9. The van der Waals surface area contributed by atoms with Gasteiger partial charge in [-0.05, 0) is 36.5 Å². The molecule has 0 radical (unpaired) electrons. The fourth-order valence-corrected chi connectivity index (χ4v) is 4.55. The highest BCUT2D eigenvalue weighted by Crippen LogP contribution is 2.27. The summed E-state index contributed by atoms with van der Waals surface area (Å²) in [5.41, 5.74) is 6.63. The van der Waals surface area contributed by atoms with E-state index in [1.54, 1.807) is 18.2 Å². The van der Waals surface area contributed by atoms with Crippen molar-refractivity contribution in [3.63, 3.8) is 0 Å². The highest BCUT2D eigenvalue weighted by Gasteiger charge is 2.27. The molecule has 2 rings (SSSR count). The molecule has 128 valence electrons. The molecule has 1 aromatic rings. The molecule has 3 N–H and O–H groups in total. The fraction of sp³-hybridized carbons (Fsp3) is 0.562. The summed E-state index contributed by atoms with van der Waals surface area (Å²) in [4.78, 5) is 11.5. The zero-order valence-corrected chi connectivity index (χ0v) is 14.1. The van der Waals surface area contributed by atoms with Crippen LogP contribution in [0.1, 0.15) is 41.6 Å². The van der Waals surface area contributed by atoms with Crippen molar-refractivity contribution in [2.24, 2.45) is 11.7 Å². The van der Waals surface area contributed by atoms with Gasteiger partial charge in [0.1, 0.15) is 0 Å². The van der Waals surface area contributed by atoms with Crippen molar-refractivity contribution in [2.45, 2.75) is 37.5 Å². The third-order valence-electron chi connectivity index (χ3n) is 4.26. The topological polar surface area (TPSA) is 98.5 Å². The number of sulfonamides is 1. The Morgan fingerprint density at radius 1 is 1.39 bits per heavy atom. The maximum Gasteiger partial charge on any atom is 0.337 e. The summed E-state index contributed by atoms with van der Waals surface area (Å²) in [6.07, 6.45) is 4.29. The molecule has 23 heavy (non-hydrogen) atoms. The van der Waals surface area contributed by atoms with Gasteiger partial charge in [0.2, 0.25) is 10.0 Å². The average molecular weight is 340 g/mol. The summed E-state index contributed by atoms with van der Waals surface area (Å²) in [5, 5.41) is 0. The highest BCUT2D eigenvalue weighted by atomic mass is 32.2. The fourth-order valence-electron chi connectivity index (χ4n) is 3.09. The lowest BCUT2D eigenvalue weighted by Crippen LogP contribution is -2.44. The Balaban J connectivity index is 2.06. The van der Waals surface area contributed by atoms with Crippen molar-refractivity contribution < 1.29 is 17.9 Å². The van der Waals surface area contributed by atoms with E-state index in [9.17, 15) is 13.2 Å². The number of methoxy groups -OCH3 is 1. The molecule has 1 fully saturated rings. The van der Waals surface area contributed by atoms with Gasteiger partial charge in [0.25, 0.3) is 0 Å². The molecular weight excluding hydrogens is 316 g/mol. The van der Waals surface area contributed by atoms with Crippen molar-refractivity contribution in [2.75, 3.05) is 13.7 Å². The molecule has 0 spiro atoms. The van der Waals surface area contributed by atoms with Crippen LogP contribution in [-0.4, -0.2) is 34.1 Å². The summed E-state index contributed by atoms with van der Waals surface area (Å²) in [7, 11) is -2.22. The van der Waals surface area contributed by atoms with Crippen LogP contribution in [0.25, 0.3) is 0 Å². The summed E-state index contributed by atoms with van der Waals surface area (Å²) >= 11 is 0. The van der Waals surface area contributed by atoms with E-state index in [4.69, 9.17) is 5.73 Å². The van der Waals surface area contributed by atoms with Crippen LogP contribution >= 0.6 is 0 Å². The molecule has 1 atom stereocenters. The molecule has 1 aliphatic rings. The van der Waals surface area contributed by atoms with E-state index >= 15 is 0 Å². The Hall–Kier alpha value is -1.44. The predicted octanol–water partition coefficient (Wildman–Crippen LogP) is 1.41. The van der Waals surface area contributed by atoms with Gasteiger partial charge >= 0.3 is 5.97 Å². The second kappa shape index (κ2) is 7.90. The Morgan fingerprint density at radius 3 is 2.70 bits per heavy atom. The lowest BCUT2D eigenvalue weighted by molar-refractivity contribution is 0.0600. The van der Waals surface area contributed by atoms with E-state index in [0.29, 0.717) is 23.6 Å². The zero-order valence-electron chi connectivity index (χ0n) is 13.3.